The fourth-order valence-corrected chi connectivity index (χ4v) is 2.56. The van der Waals surface area contributed by atoms with Gasteiger partial charge in [0, 0.05) is 26.6 Å². The quantitative estimate of drug-likeness (QED) is 0.622. The summed E-state index contributed by atoms with van der Waals surface area (Å²) in [5.74, 6) is 0.347. The number of piperidine rings is 1. The van der Waals surface area contributed by atoms with Crippen molar-refractivity contribution >= 4 is 5.91 Å². The van der Waals surface area contributed by atoms with Crippen LogP contribution in [0, 0.1) is 0 Å². The van der Waals surface area contributed by atoms with E-state index < -0.39 is 0 Å². The summed E-state index contributed by atoms with van der Waals surface area (Å²) in [6.07, 6.45) is 10.6. The van der Waals surface area contributed by atoms with E-state index in [9.17, 15) is 4.79 Å². The van der Waals surface area contributed by atoms with Crippen LogP contribution in [0.2, 0.25) is 0 Å². The molecule has 0 aromatic heterocycles. The number of hydrogen-bond acceptors (Lipinski definition) is 2. The number of carbonyl (C=O) groups excluding carboxylic acids is 1. The molecule has 1 heterocycles. The van der Waals surface area contributed by atoms with Crippen molar-refractivity contribution in [2.75, 3.05) is 20.2 Å². The van der Waals surface area contributed by atoms with Gasteiger partial charge in [-0.3, -0.25) is 4.79 Å². The van der Waals surface area contributed by atoms with Crippen molar-refractivity contribution in [2.24, 2.45) is 0 Å². The third-order valence-corrected chi connectivity index (χ3v) is 3.87. The van der Waals surface area contributed by atoms with Crippen molar-refractivity contribution in [2.45, 2.75) is 70.8 Å². The van der Waals surface area contributed by atoms with Crippen LogP contribution in [-0.4, -0.2) is 37.1 Å². The number of unbranched alkanes of at least 4 members (excludes halogenated alkanes) is 5. The monoisotopic (exact) mass is 255 g/mol. The average Bonchev–Trinajstić information content (AvgIpc) is 2.42. The summed E-state index contributed by atoms with van der Waals surface area (Å²) in [7, 11) is 1.76. The third kappa shape index (κ3) is 5.85. The number of carbonyl (C=O) groups is 1. The van der Waals surface area contributed by atoms with E-state index in [0.717, 1.165) is 38.8 Å². The summed E-state index contributed by atoms with van der Waals surface area (Å²) in [6, 6.07) is 0. The van der Waals surface area contributed by atoms with Crippen molar-refractivity contribution in [3.8, 4) is 0 Å². The lowest BCUT2D eigenvalue weighted by Crippen LogP contribution is -2.40. The molecule has 1 fully saturated rings. The number of nitrogens with zero attached hydrogens (tertiary/aromatic N) is 1. The Labute approximate surface area is 112 Å². The molecule has 0 saturated carbocycles. The maximum absolute atomic E-state index is 12.0. The normalized spacial score (nSPS) is 17.1. The van der Waals surface area contributed by atoms with Gasteiger partial charge in [0.25, 0.3) is 0 Å². The van der Waals surface area contributed by atoms with E-state index >= 15 is 0 Å². The van der Waals surface area contributed by atoms with Crippen LogP contribution in [0.25, 0.3) is 0 Å². The van der Waals surface area contributed by atoms with Gasteiger partial charge in [0.2, 0.25) is 5.91 Å². The predicted molar refractivity (Wildman–Crippen MR) is 74.6 cm³/mol. The number of hydrogen-bond donors (Lipinski definition) is 0. The molecule has 1 rings (SSSR count). The van der Waals surface area contributed by atoms with Crippen molar-refractivity contribution < 1.29 is 9.53 Å². The molecule has 3 nitrogen and oxygen atoms in total. The van der Waals surface area contributed by atoms with Gasteiger partial charge in [-0.2, -0.15) is 0 Å². The fourth-order valence-electron chi connectivity index (χ4n) is 2.56. The summed E-state index contributed by atoms with van der Waals surface area (Å²) >= 11 is 0. The summed E-state index contributed by atoms with van der Waals surface area (Å²) in [6.45, 7) is 3.99. The average molecular weight is 255 g/mol. The minimum atomic E-state index is 0.347. The van der Waals surface area contributed by atoms with E-state index in [1.54, 1.807) is 7.11 Å². The minimum Gasteiger partial charge on any atom is -0.381 e. The number of methoxy groups -OCH3 is 1. The van der Waals surface area contributed by atoms with Crippen LogP contribution in [0.15, 0.2) is 0 Å². The molecule has 1 aliphatic rings. The molecule has 0 bridgehead atoms. The second-order valence-corrected chi connectivity index (χ2v) is 5.33. The lowest BCUT2D eigenvalue weighted by molar-refractivity contribution is -0.133. The lowest BCUT2D eigenvalue weighted by atomic mass is 10.1. The Balaban J connectivity index is 2.03. The lowest BCUT2D eigenvalue weighted by Gasteiger charge is -2.31. The maximum atomic E-state index is 12.0. The highest BCUT2D eigenvalue weighted by atomic mass is 16.5. The molecular formula is C15H29NO2. The molecule has 0 aliphatic carbocycles. The molecule has 0 aromatic rings. The first-order chi connectivity index (χ1) is 8.77. The molecule has 0 aromatic carbocycles. The second-order valence-electron chi connectivity index (χ2n) is 5.33. The topological polar surface area (TPSA) is 29.5 Å². The SMILES string of the molecule is CCCCCCCCC(=O)N1CCC(OC)CC1. The van der Waals surface area contributed by atoms with Gasteiger partial charge in [-0.25, -0.2) is 0 Å². The van der Waals surface area contributed by atoms with Gasteiger partial charge in [0.05, 0.1) is 6.10 Å². The first-order valence-corrected chi connectivity index (χ1v) is 7.58. The molecule has 1 amide bonds. The van der Waals surface area contributed by atoms with E-state index in [1.807, 2.05) is 4.90 Å². The fraction of sp³-hybridized carbons (Fsp3) is 0.933. The minimum absolute atomic E-state index is 0.347. The van der Waals surface area contributed by atoms with E-state index in [-0.39, 0.29) is 0 Å². The summed E-state index contributed by atoms with van der Waals surface area (Å²) in [4.78, 5) is 14.0. The summed E-state index contributed by atoms with van der Waals surface area (Å²) in [5.41, 5.74) is 0. The molecule has 3 heteroatoms. The van der Waals surface area contributed by atoms with E-state index in [1.165, 1.54) is 32.1 Å². The molecular weight excluding hydrogens is 226 g/mol. The highest BCUT2D eigenvalue weighted by molar-refractivity contribution is 5.76. The first kappa shape index (κ1) is 15.5. The van der Waals surface area contributed by atoms with Gasteiger partial charge in [0.15, 0.2) is 0 Å². The standard InChI is InChI=1S/C15H29NO2/c1-3-4-5-6-7-8-9-15(17)16-12-10-14(18-2)11-13-16/h14H,3-13H2,1-2H3. The first-order valence-electron chi connectivity index (χ1n) is 7.58. The Morgan fingerprint density at radius 3 is 2.33 bits per heavy atom. The Hall–Kier alpha value is -0.570. The van der Waals surface area contributed by atoms with E-state index in [2.05, 4.69) is 6.92 Å². The van der Waals surface area contributed by atoms with E-state index in [0.29, 0.717) is 12.0 Å². The van der Waals surface area contributed by atoms with Gasteiger partial charge < -0.3 is 9.64 Å². The number of ether oxygens (including phenoxy) is 1. The molecule has 18 heavy (non-hydrogen) atoms. The Kier molecular flexibility index (Phi) is 8.06. The molecule has 0 unspecified atom stereocenters. The highest BCUT2D eigenvalue weighted by Gasteiger charge is 2.21. The molecule has 1 saturated heterocycles. The van der Waals surface area contributed by atoms with Crippen LogP contribution in [0.5, 0.6) is 0 Å². The molecule has 1 aliphatic heterocycles. The van der Waals surface area contributed by atoms with Gasteiger partial charge in [0.1, 0.15) is 0 Å². The third-order valence-electron chi connectivity index (χ3n) is 3.87. The van der Waals surface area contributed by atoms with Crippen LogP contribution in [-0.2, 0) is 9.53 Å². The van der Waals surface area contributed by atoms with Crippen molar-refractivity contribution in [1.82, 2.24) is 4.90 Å². The largest absolute Gasteiger partial charge is 0.381 e. The van der Waals surface area contributed by atoms with Crippen molar-refractivity contribution in [3.05, 3.63) is 0 Å². The number of rotatable bonds is 8. The number of amides is 1. The Bertz CT molecular complexity index is 223. The van der Waals surface area contributed by atoms with Gasteiger partial charge >= 0.3 is 0 Å². The van der Waals surface area contributed by atoms with Crippen LogP contribution >= 0.6 is 0 Å². The van der Waals surface area contributed by atoms with Crippen LogP contribution in [0.4, 0.5) is 0 Å². The van der Waals surface area contributed by atoms with Crippen LogP contribution < -0.4 is 0 Å². The zero-order valence-corrected chi connectivity index (χ0v) is 12.1. The van der Waals surface area contributed by atoms with Crippen molar-refractivity contribution in [1.29, 1.82) is 0 Å². The highest BCUT2D eigenvalue weighted by Crippen LogP contribution is 2.15. The molecule has 0 radical (unpaired) electrons. The molecule has 0 atom stereocenters. The predicted octanol–water partition coefficient (Wildman–Crippen LogP) is 3.37. The van der Waals surface area contributed by atoms with Crippen molar-refractivity contribution in [3.63, 3.8) is 0 Å². The second kappa shape index (κ2) is 9.37. The maximum Gasteiger partial charge on any atom is 0.222 e. The van der Waals surface area contributed by atoms with Gasteiger partial charge in [-0.15, -0.1) is 0 Å². The smallest absolute Gasteiger partial charge is 0.222 e. The Morgan fingerprint density at radius 2 is 1.72 bits per heavy atom. The zero-order valence-electron chi connectivity index (χ0n) is 12.1. The zero-order chi connectivity index (χ0) is 13.2. The summed E-state index contributed by atoms with van der Waals surface area (Å²) in [5, 5.41) is 0. The molecule has 0 N–H and O–H groups in total. The van der Waals surface area contributed by atoms with E-state index in [4.69, 9.17) is 4.74 Å². The van der Waals surface area contributed by atoms with Gasteiger partial charge in [-0.1, -0.05) is 39.0 Å². The molecule has 0 spiro atoms. The Morgan fingerprint density at radius 1 is 1.11 bits per heavy atom. The number of likely N-dealkylation sites (tertiary alicyclic amines) is 1. The van der Waals surface area contributed by atoms with Crippen LogP contribution in [0.1, 0.15) is 64.7 Å². The van der Waals surface area contributed by atoms with Crippen LogP contribution in [0.3, 0.4) is 0 Å². The molecule has 106 valence electrons. The summed E-state index contributed by atoms with van der Waals surface area (Å²) < 4.78 is 5.32. The van der Waals surface area contributed by atoms with Gasteiger partial charge in [-0.05, 0) is 19.3 Å².